The van der Waals surface area contributed by atoms with Gasteiger partial charge in [0.15, 0.2) is 0 Å². The molecule has 0 unspecified atom stereocenters. The molecule has 2 atom stereocenters. The molecule has 2 aliphatic rings. The molecule has 1 aromatic rings. The molecule has 6 nitrogen and oxygen atoms in total. The minimum atomic E-state index is -0.274. The number of ether oxygens (including phenoxy) is 2. The van der Waals surface area contributed by atoms with Crippen LogP contribution in [0, 0.1) is 5.92 Å². The van der Waals surface area contributed by atoms with Crippen molar-refractivity contribution in [2.75, 3.05) is 26.8 Å². The average molecular weight is 332 g/mol. The van der Waals surface area contributed by atoms with Gasteiger partial charge in [-0.25, -0.2) is 0 Å². The third-order valence-electron chi connectivity index (χ3n) is 4.62. The van der Waals surface area contributed by atoms with E-state index in [0.29, 0.717) is 19.6 Å². The summed E-state index contributed by atoms with van der Waals surface area (Å²) in [7, 11) is 1.62. The van der Waals surface area contributed by atoms with Crippen molar-refractivity contribution in [3.8, 4) is 5.75 Å². The maximum Gasteiger partial charge on any atom is 0.225 e. The van der Waals surface area contributed by atoms with Gasteiger partial charge in [-0.2, -0.15) is 0 Å². The quantitative estimate of drug-likeness (QED) is 0.854. The lowest BCUT2D eigenvalue weighted by Crippen LogP contribution is -2.37. The first-order valence-electron chi connectivity index (χ1n) is 8.45. The van der Waals surface area contributed by atoms with Gasteiger partial charge in [0.2, 0.25) is 11.8 Å². The fourth-order valence-electron chi connectivity index (χ4n) is 3.26. The number of hydrogen-bond acceptors (Lipinski definition) is 4. The molecule has 130 valence electrons. The van der Waals surface area contributed by atoms with Gasteiger partial charge in [0.25, 0.3) is 0 Å². The number of carbonyl (C=O) groups is 2. The lowest BCUT2D eigenvalue weighted by molar-refractivity contribution is -0.129. The van der Waals surface area contributed by atoms with E-state index in [2.05, 4.69) is 5.32 Å². The Bertz CT molecular complexity index is 598. The van der Waals surface area contributed by atoms with Crippen LogP contribution in [0.15, 0.2) is 24.3 Å². The summed E-state index contributed by atoms with van der Waals surface area (Å²) >= 11 is 0. The van der Waals surface area contributed by atoms with Gasteiger partial charge in [-0.15, -0.1) is 0 Å². The third kappa shape index (κ3) is 4.06. The van der Waals surface area contributed by atoms with Crippen LogP contribution < -0.4 is 10.1 Å². The highest BCUT2D eigenvalue weighted by Crippen LogP contribution is 2.22. The summed E-state index contributed by atoms with van der Waals surface area (Å²) in [6.45, 7) is 2.29. The van der Waals surface area contributed by atoms with Crippen molar-refractivity contribution in [1.82, 2.24) is 10.2 Å². The van der Waals surface area contributed by atoms with Crippen molar-refractivity contribution in [1.29, 1.82) is 0 Å². The Balaban J connectivity index is 1.51. The summed E-state index contributed by atoms with van der Waals surface area (Å²) in [5.41, 5.74) is 1.00. The van der Waals surface area contributed by atoms with Gasteiger partial charge in [-0.3, -0.25) is 9.59 Å². The zero-order chi connectivity index (χ0) is 16.9. The summed E-state index contributed by atoms with van der Waals surface area (Å²) in [6, 6.07) is 7.65. The second-order valence-corrected chi connectivity index (χ2v) is 6.41. The van der Waals surface area contributed by atoms with E-state index < -0.39 is 0 Å². The maximum atomic E-state index is 12.3. The van der Waals surface area contributed by atoms with E-state index in [-0.39, 0.29) is 30.3 Å². The van der Waals surface area contributed by atoms with E-state index in [1.165, 1.54) is 0 Å². The van der Waals surface area contributed by atoms with Crippen LogP contribution in [-0.2, 0) is 20.9 Å². The number of rotatable bonds is 6. The predicted octanol–water partition coefficient (Wildman–Crippen LogP) is 1.34. The topological polar surface area (TPSA) is 67.9 Å². The Morgan fingerprint density at radius 1 is 1.46 bits per heavy atom. The van der Waals surface area contributed by atoms with E-state index in [9.17, 15) is 9.59 Å². The third-order valence-corrected chi connectivity index (χ3v) is 4.62. The molecule has 1 aromatic carbocycles. The van der Waals surface area contributed by atoms with Crippen molar-refractivity contribution in [2.45, 2.75) is 31.9 Å². The van der Waals surface area contributed by atoms with E-state index in [4.69, 9.17) is 9.47 Å². The molecule has 6 heteroatoms. The van der Waals surface area contributed by atoms with Crippen molar-refractivity contribution >= 4 is 11.8 Å². The molecule has 2 heterocycles. The number of benzene rings is 1. The molecule has 0 saturated carbocycles. The molecule has 2 amide bonds. The van der Waals surface area contributed by atoms with Crippen molar-refractivity contribution in [3.63, 3.8) is 0 Å². The Hall–Kier alpha value is -2.08. The first-order valence-corrected chi connectivity index (χ1v) is 8.45. The molecule has 0 aliphatic carbocycles. The molecular weight excluding hydrogens is 308 g/mol. The number of nitrogens with one attached hydrogen (secondary N) is 1. The zero-order valence-electron chi connectivity index (χ0n) is 14.0. The standard InChI is InChI=1S/C18H24N2O4/c1-23-15-5-2-4-13(8-15)11-20-12-14(9-17(20)21)18(22)19-10-16-6-3-7-24-16/h2,4-5,8,14,16H,3,6-7,9-12H2,1H3,(H,19,22)/t14-,16-/m1/s1. The SMILES string of the molecule is COc1cccc(CN2C[C@H](C(=O)NC[C@H]3CCCO3)CC2=O)c1. The van der Waals surface area contributed by atoms with Crippen LogP contribution in [-0.4, -0.2) is 49.6 Å². The molecule has 2 aliphatic heterocycles. The van der Waals surface area contributed by atoms with E-state index >= 15 is 0 Å². The largest absolute Gasteiger partial charge is 0.497 e. The second-order valence-electron chi connectivity index (χ2n) is 6.41. The first kappa shape index (κ1) is 16.8. The van der Waals surface area contributed by atoms with Crippen molar-refractivity contribution < 1.29 is 19.1 Å². The second kappa shape index (κ2) is 7.66. The summed E-state index contributed by atoms with van der Waals surface area (Å²) < 4.78 is 10.7. The molecule has 0 bridgehead atoms. The average Bonchev–Trinajstić information content (AvgIpc) is 3.23. The fraction of sp³-hybridized carbons (Fsp3) is 0.556. The van der Waals surface area contributed by atoms with E-state index in [1.54, 1.807) is 12.0 Å². The highest BCUT2D eigenvalue weighted by atomic mass is 16.5. The number of hydrogen-bond donors (Lipinski definition) is 1. The lowest BCUT2D eigenvalue weighted by Gasteiger charge is -2.17. The number of methoxy groups -OCH3 is 1. The molecule has 2 saturated heterocycles. The van der Waals surface area contributed by atoms with Crippen LogP contribution in [0.2, 0.25) is 0 Å². The van der Waals surface area contributed by atoms with Crippen LogP contribution in [0.25, 0.3) is 0 Å². The van der Waals surface area contributed by atoms with Gasteiger partial charge in [-0.1, -0.05) is 12.1 Å². The zero-order valence-corrected chi connectivity index (χ0v) is 14.0. The van der Waals surface area contributed by atoms with Gasteiger partial charge in [0, 0.05) is 32.7 Å². The van der Waals surface area contributed by atoms with Gasteiger partial charge in [0.05, 0.1) is 19.1 Å². The van der Waals surface area contributed by atoms with Gasteiger partial charge >= 0.3 is 0 Å². The smallest absolute Gasteiger partial charge is 0.225 e. The summed E-state index contributed by atoms with van der Waals surface area (Å²) in [5.74, 6) is 0.469. The molecular formula is C18H24N2O4. The fourth-order valence-corrected chi connectivity index (χ4v) is 3.26. The molecule has 2 fully saturated rings. The Labute approximate surface area is 142 Å². The highest BCUT2D eigenvalue weighted by Gasteiger charge is 2.34. The highest BCUT2D eigenvalue weighted by molar-refractivity contribution is 5.89. The molecule has 3 rings (SSSR count). The number of likely N-dealkylation sites (tertiary alicyclic amines) is 1. The Kier molecular flexibility index (Phi) is 5.35. The lowest BCUT2D eigenvalue weighted by atomic mass is 10.1. The van der Waals surface area contributed by atoms with Crippen LogP contribution in [0.3, 0.4) is 0 Å². The van der Waals surface area contributed by atoms with Gasteiger partial charge in [-0.05, 0) is 30.5 Å². The van der Waals surface area contributed by atoms with Crippen LogP contribution in [0.4, 0.5) is 0 Å². The van der Waals surface area contributed by atoms with Crippen LogP contribution in [0.5, 0.6) is 5.75 Å². The van der Waals surface area contributed by atoms with Crippen LogP contribution in [0.1, 0.15) is 24.8 Å². The number of amides is 2. The number of carbonyl (C=O) groups excluding carboxylic acids is 2. The minimum Gasteiger partial charge on any atom is -0.497 e. The molecule has 0 spiro atoms. The summed E-state index contributed by atoms with van der Waals surface area (Å²) in [6.07, 6.45) is 2.45. The Morgan fingerprint density at radius 2 is 2.33 bits per heavy atom. The van der Waals surface area contributed by atoms with E-state index in [0.717, 1.165) is 30.8 Å². The first-order chi connectivity index (χ1) is 11.7. The van der Waals surface area contributed by atoms with Crippen molar-refractivity contribution in [2.24, 2.45) is 5.92 Å². The monoisotopic (exact) mass is 332 g/mol. The maximum absolute atomic E-state index is 12.3. The van der Waals surface area contributed by atoms with Gasteiger partial charge in [0.1, 0.15) is 5.75 Å². The molecule has 1 N–H and O–H groups in total. The van der Waals surface area contributed by atoms with Gasteiger partial charge < -0.3 is 19.7 Å². The molecule has 0 radical (unpaired) electrons. The summed E-state index contributed by atoms with van der Waals surface area (Å²) in [4.78, 5) is 26.2. The Morgan fingerprint density at radius 3 is 3.08 bits per heavy atom. The molecule has 24 heavy (non-hydrogen) atoms. The number of nitrogens with zero attached hydrogens (tertiary/aromatic N) is 1. The van der Waals surface area contributed by atoms with Crippen molar-refractivity contribution in [3.05, 3.63) is 29.8 Å². The van der Waals surface area contributed by atoms with Crippen LogP contribution >= 0.6 is 0 Å². The minimum absolute atomic E-state index is 0.0232. The summed E-state index contributed by atoms with van der Waals surface area (Å²) in [5, 5.41) is 2.93. The normalized spacial score (nSPS) is 23.5. The molecule has 0 aromatic heterocycles. The predicted molar refractivity (Wildman–Crippen MR) is 88.5 cm³/mol. The van der Waals surface area contributed by atoms with E-state index in [1.807, 2.05) is 24.3 Å².